The molecule has 0 fully saturated rings. The molecule has 4 rings (SSSR count). The van der Waals surface area contributed by atoms with E-state index in [1.54, 1.807) is 0 Å². The molecule has 1 N–H and O–H groups in total. The van der Waals surface area contributed by atoms with Crippen molar-refractivity contribution in [1.29, 1.82) is 0 Å². The number of hydrogen-bond acceptors (Lipinski definition) is 1. The zero-order chi connectivity index (χ0) is 19.3. The van der Waals surface area contributed by atoms with Crippen LogP contribution in [0.5, 0.6) is 0 Å². The lowest BCUT2D eigenvalue weighted by Gasteiger charge is -2.23. The third-order valence-electron chi connectivity index (χ3n) is 5.01. The number of aromatic amines is 1. The number of fused-ring (bicyclic) bond motifs is 1. The first-order chi connectivity index (χ1) is 13.7. The molecular weight excluding hydrogens is 387 g/mol. The van der Waals surface area contributed by atoms with E-state index in [2.05, 4.69) is 64.6 Å². The van der Waals surface area contributed by atoms with E-state index in [-0.39, 0.29) is 0 Å². The molecular formula is C24H22Cl2N2. The van der Waals surface area contributed by atoms with Crippen LogP contribution in [0.4, 0.5) is 0 Å². The summed E-state index contributed by atoms with van der Waals surface area (Å²) in [5, 5.41) is 2.85. The molecule has 0 unspecified atom stereocenters. The Bertz CT molecular complexity index is 989. The topological polar surface area (TPSA) is 19.0 Å². The standard InChI is InChI=1S/C24H22Cl2N2/c25-21-9-5-18(6-10-21)16-28(17-19-7-11-22(26)12-8-19)14-13-20-15-27-24-4-2-1-3-23(20)24/h1-12,15,27H,13-14,16-17H2. The van der Waals surface area contributed by atoms with Crippen LogP contribution in [0.15, 0.2) is 79.0 Å². The number of para-hydroxylation sites is 1. The highest BCUT2D eigenvalue weighted by Crippen LogP contribution is 2.20. The number of nitrogens with zero attached hydrogens (tertiary/aromatic N) is 1. The lowest BCUT2D eigenvalue weighted by atomic mass is 10.1. The molecule has 0 saturated heterocycles. The van der Waals surface area contributed by atoms with Crippen LogP contribution in [-0.4, -0.2) is 16.4 Å². The Morgan fingerprint density at radius 3 is 1.89 bits per heavy atom. The zero-order valence-corrected chi connectivity index (χ0v) is 17.0. The molecule has 28 heavy (non-hydrogen) atoms. The summed E-state index contributed by atoms with van der Waals surface area (Å²) >= 11 is 12.1. The molecule has 0 atom stereocenters. The minimum absolute atomic E-state index is 0.770. The Morgan fingerprint density at radius 1 is 0.714 bits per heavy atom. The summed E-state index contributed by atoms with van der Waals surface area (Å²) in [6.07, 6.45) is 3.12. The molecule has 142 valence electrons. The van der Waals surface area contributed by atoms with Gasteiger partial charge < -0.3 is 4.98 Å². The van der Waals surface area contributed by atoms with E-state index in [1.807, 2.05) is 24.3 Å². The minimum atomic E-state index is 0.770. The van der Waals surface area contributed by atoms with Crippen molar-refractivity contribution >= 4 is 34.1 Å². The van der Waals surface area contributed by atoms with E-state index in [0.29, 0.717) is 0 Å². The second-order valence-corrected chi connectivity index (χ2v) is 7.95. The second kappa shape index (κ2) is 8.83. The Labute approximate surface area is 175 Å². The molecule has 0 amide bonds. The van der Waals surface area contributed by atoms with Crippen molar-refractivity contribution in [2.75, 3.05) is 6.54 Å². The first-order valence-electron chi connectivity index (χ1n) is 9.43. The van der Waals surface area contributed by atoms with E-state index >= 15 is 0 Å². The fourth-order valence-electron chi connectivity index (χ4n) is 3.53. The summed E-state index contributed by atoms with van der Waals surface area (Å²) in [5.41, 5.74) is 5.07. The molecule has 0 bridgehead atoms. The van der Waals surface area contributed by atoms with Crippen LogP contribution < -0.4 is 0 Å². The van der Waals surface area contributed by atoms with Gasteiger partial charge in [-0.25, -0.2) is 0 Å². The summed E-state index contributed by atoms with van der Waals surface area (Å²) in [7, 11) is 0. The number of hydrogen-bond donors (Lipinski definition) is 1. The molecule has 0 aliphatic rings. The molecule has 3 aromatic carbocycles. The van der Waals surface area contributed by atoms with E-state index in [1.165, 1.54) is 27.6 Å². The quantitative estimate of drug-likeness (QED) is 0.359. The van der Waals surface area contributed by atoms with Gasteiger partial charge in [-0.05, 0) is 53.4 Å². The monoisotopic (exact) mass is 408 g/mol. The van der Waals surface area contributed by atoms with Gasteiger partial charge in [0, 0.05) is 46.8 Å². The zero-order valence-electron chi connectivity index (χ0n) is 15.5. The molecule has 4 heteroatoms. The highest BCUT2D eigenvalue weighted by atomic mass is 35.5. The van der Waals surface area contributed by atoms with Crippen molar-refractivity contribution in [1.82, 2.24) is 9.88 Å². The molecule has 0 aliphatic carbocycles. The third-order valence-corrected chi connectivity index (χ3v) is 5.52. The summed E-state index contributed by atoms with van der Waals surface area (Å²) in [6.45, 7) is 2.72. The summed E-state index contributed by atoms with van der Waals surface area (Å²) in [4.78, 5) is 5.84. The highest BCUT2D eigenvalue weighted by molar-refractivity contribution is 6.30. The molecule has 2 nitrogen and oxygen atoms in total. The van der Waals surface area contributed by atoms with Crippen LogP contribution in [0.2, 0.25) is 10.0 Å². The van der Waals surface area contributed by atoms with Gasteiger partial charge in [0.2, 0.25) is 0 Å². The maximum Gasteiger partial charge on any atom is 0.0456 e. The first kappa shape index (κ1) is 19.1. The minimum Gasteiger partial charge on any atom is -0.361 e. The van der Waals surface area contributed by atoms with Gasteiger partial charge in [0.05, 0.1) is 0 Å². The van der Waals surface area contributed by atoms with Crippen LogP contribution in [0.25, 0.3) is 10.9 Å². The fourth-order valence-corrected chi connectivity index (χ4v) is 3.78. The highest BCUT2D eigenvalue weighted by Gasteiger charge is 2.10. The van der Waals surface area contributed by atoms with E-state index in [9.17, 15) is 0 Å². The van der Waals surface area contributed by atoms with Gasteiger partial charge in [-0.1, -0.05) is 65.7 Å². The number of rotatable bonds is 7. The number of aromatic nitrogens is 1. The van der Waals surface area contributed by atoms with E-state index in [4.69, 9.17) is 23.2 Å². The molecule has 4 aromatic rings. The van der Waals surface area contributed by atoms with Crippen LogP contribution >= 0.6 is 23.2 Å². The van der Waals surface area contributed by atoms with Crippen LogP contribution in [0, 0.1) is 0 Å². The SMILES string of the molecule is Clc1ccc(CN(CCc2c[nH]c3ccccc23)Cc2ccc(Cl)cc2)cc1. The van der Waals surface area contributed by atoms with Gasteiger partial charge in [-0.3, -0.25) is 4.90 Å². The van der Waals surface area contributed by atoms with Crippen LogP contribution in [-0.2, 0) is 19.5 Å². The maximum absolute atomic E-state index is 6.05. The number of benzene rings is 3. The van der Waals surface area contributed by atoms with Gasteiger partial charge in [-0.2, -0.15) is 0 Å². The van der Waals surface area contributed by atoms with Crippen LogP contribution in [0.3, 0.4) is 0 Å². The Morgan fingerprint density at radius 2 is 1.29 bits per heavy atom. The molecule has 0 radical (unpaired) electrons. The average Bonchev–Trinajstić information content (AvgIpc) is 3.13. The third kappa shape index (κ3) is 4.77. The van der Waals surface area contributed by atoms with Gasteiger partial charge in [0.25, 0.3) is 0 Å². The summed E-state index contributed by atoms with van der Waals surface area (Å²) in [5.74, 6) is 0. The lowest BCUT2D eigenvalue weighted by Crippen LogP contribution is -2.25. The van der Waals surface area contributed by atoms with Crippen molar-refractivity contribution in [3.63, 3.8) is 0 Å². The predicted octanol–water partition coefficient (Wildman–Crippen LogP) is 6.72. The van der Waals surface area contributed by atoms with Gasteiger partial charge in [0.15, 0.2) is 0 Å². The molecule has 1 aromatic heterocycles. The van der Waals surface area contributed by atoms with Crippen molar-refractivity contribution < 1.29 is 0 Å². The van der Waals surface area contributed by atoms with Crippen molar-refractivity contribution in [3.05, 3.63) is 106 Å². The van der Waals surface area contributed by atoms with Crippen molar-refractivity contribution in [2.45, 2.75) is 19.5 Å². The molecule has 0 saturated carbocycles. The van der Waals surface area contributed by atoms with E-state index in [0.717, 1.165) is 36.1 Å². The summed E-state index contributed by atoms with van der Waals surface area (Å²) in [6, 6.07) is 24.7. The number of nitrogens with one attached hydrogen (secondary N) is 1. The normalized spacial score (nSPS) is 11.4. The molecule has 0 spiro atoms. The van der Waals surface area contributed by atoms with Crippen molar-refractivity contribution in [2.24, 2.45) is 0 Å². The van der Waals surface area contributed by atoms with Gasteiger partial charge in [0.1, 0.15) is 0 Å². The first-order valence-corrected chi connectivity index (χ1v) is 10.2. The van der Waals surface area contributed by atoms with Gasteiger partial charge >= 0.3 is 0 Å². The van der Waals surface area contributed by atoms with Gasteiger partial charge in [-0.15, -0.1) is 0 Å². The van der Waals surface area contributed by atoms with Crippen molar-refractivity contribution in [3.8, 4) is 0 Å². The number of halogens is 2. The lowest BCUT2D eigenvalue weighted by molar-refractivity contribution is 0.260. The smallest absolute Gasteiger partial charge is 0.0456 e. The van der Waals surface area contributed by atoms with Crippen LogP contribution in [0.1, 0.15) is 16.7 Å². The maximum atomic E-state index is 6.05. The fraction of sp³-hybridized carbons (Fsp3) is 0.167. The molecule has 1 heterocycles. The van der Waals surface area contributed by atoms with E-state index < -0.39 is 0 Å². The largest absolute Gasteiger partial charge is 0.361 e. The Kier molecular flexibility index (Phi) is 6.01. The Hall–Kier alpha value is -2.26. The average molecular weight is 409 g/mol. The Balaban J connectivity index is 1.51. The predicted molar refractivity (Wildman–Crippen MR) is 119 cm³/mol. The summed E-state index contributed by atoms with van der Waals surface area (Å²) < 4.78 is 0. The molecule has 0 aliphatic heterocycles. The second-order valence-electron chi connectivity index (χ2n) is 7.07. The number of H-pyrrole nitrogens is 1.